The topological polar surface area (TPSA) is 94.1 Å². The van der Waals surface area contributed by atoms with E-state index < -0.39 is 11.0 Å². The Bertz CT molecular complexity index is 592. The maximum atomic E-state index is 10.6. The van der Waals surface area contributed by atoms with Crippen molar-refractivity contribution in [3.8, 4) is 0 Å². The van der Waals surface area contributed by atoms with E-state index in [0.29, 0.717) is 6.42 Å². The van der Waals surface area contributed by atoms with Gasteiger partial charge in [0.05, 0.1) is 17.1 Å². The van der Waals surface area contributed by atoms with E-state index in [9.17, 15) is 15.2 Å². The first-order chi connectivity index (χ1) is 9.47. The van der Waals surface area contributed by atoms with Gasteiger partial charge in [-0.25, -0.2) is 0 Å². The Morgan fingerprint density at radius 2 is 2.15 bits per heavy atom. The molecule has 7 nitrogen and oxygen atoms in total. The van der Waals surface area contributed by atoms with Crippen LogP contribution in [0.2, 0.25) is 0 Å². The molecule has 2 rings (SSSR count). The second kappa shape index (κ2) is 5.79. The average molecular weight is 276 g/mol. The Labute approximate surface area is 116 Å². The van der Waals surface area contributed by atoms with Crippen molar-refractivity contribution in [3.05, 3.63) is 52.1 Å². The highest BCUT2D eigenvalue weighted by Gasteiger charge is 2.14. The zero-order valence-electron chi connectivity index (χ0n) is 11.3. The summed E-state index contributed by atoms with van der Waals surface area (Å²) in [5, 5.41) is 23.9. The second-order valence-corrected chi connectivity index (χ2v) is 4.75. The van der Waals surface area contributed by atoms with E-state index in [-0.39, 0.29) is 11.7 Å². The zero-order valence-corrected chi connectivity index (χ0v) is 11.3. The van der Waals surface area contributed by atoms with Crippen LogP contribution in [0.25, 0.3) is 0 Å². The predicted molar refractivity (Wildman–Crippen MR) is 72.3 cm³/mol. The van der Waals surface area contributed by atoms with Gasteiger partial charge in [0, 0.05) is 18.3 Å². The SMILES string of the molecule is CC(O)Cc1ccc(C(C)n2cc([N+](=O)[O-])cn2)cn1. The number of hydrogen-bond donors (Lipinski definition) is 1. The Morgan fingerprint density at radius 1 is 1.40 bits per heavy atom. The molecular weight excluding hydrogens is 260 g/mol. The van der Waals surface area contributed by atoms with Gasteiger partial charge in [0.25, 0.3) is 0 Å². The minimum absolute atomic E-state index is 0.0319. The lowest BCUT2D eigenvalue weighted by Crippen LogP contribution is -2.09. The molecule has 0 aliphatic rings. The van der Waals surface area contributed by atoms with Crippen molar-refractivity contribution in [1.82, 2.24) is 14.8 Å². The van der Waals surface area contributed by atoms with E-state index in [0.717, 1.165) is 11.3 Å². The molecule has 0 aliphatic carbocycles. The molecule has 0 fully saturated rings. The fraction of sp³-hybridized carbons (Fsp3) is 0.385. The van der Waals surface area contributed by atoms with Crippen LogP contribution >= 0.6 is 0 Å². The van der Waals surface area contributed by atoms with Crippen LogP contribution in [0.15, 0.2) is 30.7 Å². The zero-order chi connectivity index (χ0) is 14.7. The number of hydrogen-bond acceptors (Lipinski definition) is 5. The van der Waals surface area contributed by atoms with E-state index in [4.69, 9.17) is 0 Å². The van der Waals surface area contributed by atoms with Crippen LogP contribution in [0.1, 0.15) is 31.1 Å². The van der Waals surface area contributed by atoms with Gasteiger partial charge in [-0.1, -0.05) is 6.07 Å². The Morgan fingerprint density at radius 3 is 2.65 bits per heavy atom. The summed E-state index contributed by atoms with van der Waals surface area (Å²) in [4.78, 5) is 14.4. The summed E-state index contributed by atoms with van der Waals surface area (Å²) in [6.07, 6.45) is 4.40. The molecule has 0 aliphatic heterocycles. The summed E-state index contributed by atoms with van der Waals surface area (Å²) in [5.74, 6) is 0. The molecule has 2 atom stereocenters. The smallest absolute Gasteiger partial charge is 0.307 e. The van der Waals surface area contributed by atoms with Gasteiger partial charge in [-0.05, 0) is 25.5 Å². The third kappa shape index (κ3) is 3.18. The molecule has 0 radical (unpaired) electrons. The number of nitrogens with zero attached hydrogens (tertiary/aromatic N) is 4. The third-order valence-corrected chi connectivity index (χ3v) is 3.03. The minimum Gasteiger partial charge on any atom is -0.393 e. The van der Waals surface area contributed by atoms with Crippen molar-refractivity contribution in [1.29, 1.82) is 0 Å². The van der Waals surface area contributed by atoms with Crippen LogP contribution in [-0.4, -0.2) is 30.9 Å². The van der Waals surface area contributed by atoms with Crippen LogP contribution in [-0.2, 0) is 6.42 Å². The summed E-state index contributed by atoms with van der Waals surface area (Å²) in [6, 6.07) is 3.59. The summed E-state index contributed by atoms with van der Waals surface area (Å²) in [7, 11) is 0. The molecule has 0 aromatic carbocycles. The van der Waals surface area contributed by atoms with Gasteiger partial charge in [-0.2, -0.15) is 5.10 Å². The molecule has 0 amide bonds. The molecule has 0 saturated carbocycles. The average Bonchev–Trinajstić information content (AvgIpc) is 2.88. The molecule has 20 heavy (non-hydrogen) atoms. The predicted octanol–water partition coefficient (Wildman–Crippen LogP) is 1.72. The lowest BCUT2D eigenvalue weighted by molar-refractivity contribution is -0.385. The van der Waals surface area contributed by atoms with Crippen LogP contribution in [0.3, 0.4) is 0 Å². The normalized spacial score (nSPS) is 13.9. The highest BCUT2D eigenvalue weighted by molar-refractivity contribution is 5.24. The van der Waals surface area contributed by atoms with Gasteiger partial charge < -0.3 is 5.11 Å². The maximum absolute atomic E-state index is 10.6. The highest BCUT2D eigenvalue weighted by Crippen LogP contribution is 2.19. The lowest BCUT2D eigenvalue weighted by Gasteiger charge is -2.12. The standard InChI is InChI=1S/C13H16N4O3/c1-9(18)5-12-4-3-11(6-14-12)10(2)16-8-13(7-15-16)17(19)20/h3-4,6-10,18H,5H2,1-2H3. The number of nitro groups is 1. The van der Waals surface area contributed by atoms with Gasteiger partial charge >= 0.3 is 5.69 Å². The van der Waals surface area contributed by atoms with E-state index in [1.807, 2.05) is 19.1 Å². The quantitative estimate of drug-likeness (QED) is 0.662. The van der Waals surface area contributed by atoms with Crippen LogP contribution < -0.4 is 0 Å². The molecule has 7 heteroatoms. The maximum Gasteiger partial charge on any atom is 0.307 e. The van der Waals surface area contributed by atoms with Crippen LogP contribution in [0.5, 0.6) is 0 Å². The Kier molecular flexibility index (Phi) is 4.09. The molecule has 2 aromatic heterocycles. The monoisotopic (exact) mass is 276 g/mol. The summed E-state index contributed by atoms with van der Waals surface area (Å²) >= 11 is 0. The number of pyridine rings is 1. The molecule has 106 valence electrons. The number of aliphatic hydroxyl groups excluding tert-OH is 1. The largest absolute Gasteiger partial charge is 0.393 e. The summed E-state index contributed by atoms with van der Waals surface area (Å²) in [5.41, 5.74) is 1.68. The molecule has 1 N–H and O–H groups in total. The first kappa shape index (κ1) is 14.1. The van der Waals surface area contributed by atoms with Crippen molar-refractivity contribution in [3.63, 3.8) is 0 Å². The number of aromatic nitrogens is 3. The highest BCUT2D eigenvalue weighted by atomic mass is 16.6. The molecule has 2 aromatic rings. The van der Waals surface area contributed by atoms with Crippen LogP contribution in [0.4, 0.5) is 5.69 Å². The van der Waals surface area contributed by atoms with Crippen molar-refractivity contribution in [2.75, 3.05) is 0 Å². The van der Waals surface area contributed by atoms with Crippen molar-refractivity contribution >= 4 is 5.69 Å². The summed E-state index contributed by atoms with van der Waals surface area (Å²) in [6.45, 7) is 3.60. The van der Waals surface area contributed by atoms with E-state index in [1.165, 1.54) is 17.1 Å². The molecule has 0 saturated heterocycles. The Balaban J connectivity index is 2.15. The van der Waals surface area contributed by atoms with Gasteiger partial charge in [-0.15, -0.1) is 0 Å². The van der Waals surface area contributed by atoms with Crippen molar-refractivity contribution in [2.45, 2.75) is 32.4 Å². The molecule has 0 spiro atoms. The summed E-state index contributed by atoms with van der Waals surface area (Å²) < 4.78 is 1.53. The van der Waals surface area contributed by atoms with Gasteiger partial charge in [-0.3, -0.25) is 19.8 Å². The number of aliphatic hydroxyl groups is 1. The Hall–Kier alpha value is -2.28. The van der Waals surface area contributed by atoms with E-state index >= 15 is 0 Å². The van der Waals surface area contributed by atoms with Crippen molar-refractivity contribution in [2.24, 2.45) is 0 Å². The third-order valence-electron chi connectivity index (χ3n) is 3.03. The minimum atomic E-state index is -0.472. The van der Waals surface area contributed by atoms with Gasteiger partial charge in [0.15, 0.2) is 0 Å². The van der Waals surface area contributed by atoms with Gasteiger partial charge in [0.2, 0.25) is 0 Å². The van der Waals surface area contributed by atoms with Crippen molar-refractivity contribution < 1.29 is 10.0 Å². The lowest BCUT2D eigenvalue weighted by atomic mass is 10.1. The second-order valence-electron chi connectivity index (χ2n) is 4.75. The first-order valence-electron chi connectivity index (χ1n) is 6.29. The fourth-order valence-corrected chi connectivity index (χ4v) is 1.89. The molecule has 2 unspecified atom stereocenters. The molecular formula is C13H16N4O3. The van der Waals surface area contributed by atoms with Gasteiger partial charge in [0.1, 0.15) is 12.4 Å². The molecule has 2 heterocycles. The molecule has 0 bridgehead atoms. The van der Waals surface area contributed by atoms with E-state index in [2.05, 4.69) is 10.1 Å². The number of rotatable bonds is 5. The van der Waals surface area contributed by atoms with E-state index in [1.54, 1.807) is 13.1 Å². The van der Waals surface area contributed by atoms with Crippen LogP contribution in [0, 0.1) is 10.1 Å². The first-order valence-corrected chi connectivity index (χ1v) is 6.29. The fourth-order valence-electron chi connectivity index (χ4n) is 1.89.